The van der Waals surface area contributed by atoms with Gasteiger partial charge < -0.3 is 0 Å². The molecule has 0 atom stereocenters. The zero-order valence-electron chi connectivity index (χ0n) is 6.65. The fraction of sp³-hybridized carbons (Fsp3) is 0. The van der Waals surface area contributed by atoms with Crippen LogP contribution >= 0.6 is 0 Å². The van der Waals surface area contributed by atoms with Gasteiger partial charge in [0.05, 0.1) is 4.92 Å². The van der Waals surface area contributed by atoms with Gasteiger partial charge in [0.15, 0.2) is 0 Å². The molecule has 1 aromatic heterocycles. The van der Waals surface area contributed by atoms with E-state index in [2.05, 4.69) is 15.0 Å². The molecule has 0 aliphatic rings. The van der Waals surface area contributed by atoms with Crippen LogP contribution in [0.4, 0.5) is 11.5 Å². The molecule has 0 amide bonds. The van der Waals surface area contributed by atoms with Gasteiger partial charge in [0.1, 0.15) is 11.9 Å². The summed E-state index contributed by atoms with van der Waals surface area (Å²) in [6, 6.07) is 3.77. The summed E-state index contributed by atoms with van der Waals surface area (Å²) < 4.78 is 0. The van der Waals surface area contributed by atoms with Gasteiger partial charge in [-0.2, -0.15) is 5.26 Å². The molecule has 0 unspecified atom stereocenters. The summed E-state index contributed by atoms with van der Waals surface area (Å²) in [6.45, 7) is 0. The lowest BCUT2D eigenvalue weighted by Crippen LogP contribution is -1.94. The number of azide groups is 1. The average Bonchev–Trinajstić information content (AvgIpc) is 2.17. The summed E-state index contributed by atoms with van der Waals surface area (Å²) in [5.41, 5.74) is 7.28. The maximum absolute atomic E-state index is 10.4. The number of nitriles is 1. The maximum Gasteiger partial charge on any atom is 0.305 e. The van der Waals surface area contributed by atoms with Crippen LogP contribution in [0.1, 0.15) is 5.69 Å². The summed E-state index contributed by atoms with van der Waals surface area (Å²) in [4.78, 5) is 15.5. The second-order valence-corrected chi connectivity index (χ2v) is 2.10. The number of aromatic nitrogens is 1. The number of nitro groups is 1. The Morgan fingerprint density at radius 1 is 1.71 bits per heavy atom. The molecule has 0 aliphatic carbocycles. The molecular formula is C6H2N6O2. The van der Waals surface area contributed by atoms with Gasteiger partial charge in [-0.05, 0) is 16.7 Å². The maximum atomic E-state index is 10.4. The van der Waals surface area contributed by atoms with Gasteiger partial charge in [-0.1, -0.05) is 0 Å². The number of pyridine rings is 1. The molecule has 14 heavy (non-hydrogen) atoms. The van der Waals surface area contributed by atoms with Crippen LogP contribution in [0.2, 0.25) is 0 Å². The van der Waals surface area contributed by atoms with Crippen LogP contribution in [0, 0.1) is 21.4 Å². The van der Waals surface area contributed by atoms with Crippen LogP contribution in [0.3, 0.4) is 0 Å². The van der Waals surface area contributed by atoms with Gasteiger partial charge in [0.2, 0.25) is 5.69 Å². The summed E-state index contributed by atoms with van der Waals surface area (Å²) in [6.07, 6.45) is 0. The number of rotatable bonds is 2. The molecule has 0 aromatic carbocycles. The normalized spacial score (nSPS) is 8.50. The molecule has 1 aromatic rings. The monoisotopic (exact) mass is 190 g/mol. The van der Waals surface area contributed by atoms with E-state index < -0.39 is 10.6 Å². The van der Waals surface area contributed by atoms with Crippen LogP contribution in [0.25, 0.3) is 10.4 Å². The summed E-state index contributed by atoms with van der Waals surface area (Å²) in [5, 5.41) is 22.0. The number of hydrogen-bond donors (Lipinski definition) is 0. The first-order valence-electron chi connectivity index (χ1n) is 3.29. The van der Waals surface area contributed by atoms with Crippen LogP contribution in [0.5, 0.6) is 0 Å². The van der Waals surface area contributed by atoms with Crippen molar-refractivity contribution in [2.75, 3.05) is 0 Å². The van der Waals surface area contributed by atoms with E-state index in [4.69, 9.17) is 10.8 Å². The van der Waals surface area contributed by atoms with Crippen LogP contribution in [-0.4, -0.2) is 9.91 Å². The Morgan fingerprint density at radius 2 is 2.43 bits per heavy atom. The first kappa shape index (κ1) is 9.44. The van der Waals surface area contributed by atoms with Gasteiger partial charge >= 0.3 is 5.69 Å². The standard InChI is InChI=1S/C6H2N6O2/c7-3-4-5(12(13)14)1-2-6(9-4)10-11-8/h1-2H. The molecule has 68 valence electrons. The first-order chi connectivity index (χ1) is 6.69. The lowest BCUT2D eigenvalue weighted by atomic mass is 10.3. The van der Waals surface area contributed by atoms with E-state index in [0.717, 1.165) is 6.07 Å². The van der Waals surface area contributed by atoms with Gasteiger partial charge in [-0.15, -0.1) is 0 Å². The minimum atomic E-state index is -0.731. The molecular weight excluding hydrogens is 188 g/mol. The quantitative estimate of drug-likeness (QED) is 0.231. The second kappa shape index (κ2) is 3.84. The molecule has 0 saturated heterocycles. The highest BCUT2D eigenvalue weighted by Gasteiger charge is 2.14. The molecule has 8 nitrogen and oxygen atoms in total. The van der Waals surface area contributed by atoms with E-state index in [1.165, 1.54) is 12.1 Å². The molecule has 0 saturated carbocycles. The highest BCUT2D eigenvalue weighted by Crippen LogP contribution is 2.19. The predicted octanol–water partition coefficient (Wildman–Crippen LogP) is 1.80. The lowest BCUT2D eigenvalue weighted by molar-refractivity contribution is -0.385. The van der Waals surface area contributed by atoms with Crippen molar-refractivity contribution in [3.8, 4) is 6.07 Å². The topological polar surface area (TPSA) is 129 Å². The van der Waals surface area contributed by atoms with Crippen molar-refractivity contribution in [1.82, 2.24) is 4.98 Å². The van der Waals surface area contributed by atoms with E-state index >= 15 is 0 Å². The first-order valence-corrected chi connectivity index (χ1v) is 3.29. The van der Waals surface area contributed by atoms with E-state index in [1.807, 2.05) is 0 Å². The Balaban J connectivity index is 3.33. The molecule has 0 aliphatic heterocycles. The van der Waals surface area contributed by atoms with E-state index in [9.17, 15) is 10.1 Å². The third-order valence-corrected chi connectivity index (χ3v) is 1.31. The minimum Gasteiger partial charge on any atom is -0.258 e. The van der Waals surface area contributed by atoms with E-state index in [0.29, 0.717) is 0 Å². The second-order valence-electron chi connectivity index (χ2n) is 2.10. The fourth-order valence-electron chi connectivity index (χ4n) is 0.773. The molecule has 0 radical (unpaired) electrons. The predicted molar refractivity (Wildman–Crippen MR) is 44.4 cm³/mol. The molecule has 0 bridgehead atoms. The zero-order valence-corrected chi connectivity index (χ0v) is 6.65. The lowest BCUT2D eigenvalue weighted by Gasteiger charge is -1.93. The SMILES string of the molecule is N#Cc1nc(N=[N+]=[N-])ccc1[N+](=O)[O-]. The molecule has 1 rings (SSSR count). The van der Waals surface area contributed by atoms with Crippen molar-refractivity contribution in [2.45, 2.75) is 0 Å². The van der Waals surface area contributed by atoms with Crippen molar-refractivity contribution in [3.63, 3.8) is 0 Å². The fourth-order valence-corrected chi connectivity index (χ4v) is 0.773. The highest BCUT2D eigenvalue weighted by atomic mass is 16.6. The van der Waals surface area contributed by atoms with Gasteiger partial charge in [-0.3, -0.25) is 10.1 Å². The highest BCUT2D eigenvalue weighted by molar-refractivity contribution is 5.48. The smallest absolute Gasteiger partial charge is 0.258 e. The minimum absolute atomic E-state index is 0.0744. The number of nitrogens with zero attached hydrogens (tertiary/aromatic N) is 6. The third kappa shape index (κ3) is 1.74. The summed E-state index contributed by atoms with van der Waals surface area (Å²) >= 11 is 0. The van der Waals surface area contributed by atoms with Crippen molar-refractivity contribution in [3.05, 3.63) is 38.4 Å². The zero-order chi connectivity index (χ0) is 10.6. The van der Waals surface area contributed by atoms with Gasteiger partial charge in [0.25, 0.3) is 0 Å². The molecule has 0 N–H and O–H groups in total. The van der Waals surface area contributed by atoms with Gasteiger partial charge in [0, 0.05) is 11.0 Å². The van der Waals surface area contributed by atoms with E-state index in [-0.39, 0.29) is 11.5 Å². The largest absolute Gasteiger partial charge is 0.305 e. The summed E-state index contributed by atoms with van der Waals surface area (Å²) in [5.74, 6) is -0.0744. The molecule has 0 spiro atoms. The van der Waals surface area contributed by atoms with Crippen LogP contribution in [-0.2, 0) is 0 Å². The Labute approximate surface area is 77.2 Å². The van der Waals surface area contributed by atoms with Crippen molar-refractivity contribution in [2.24, 2.45) is 5.11 Å². The summed E-state index contributed by atoms with van der Waals surface area (Å²) in [7, 11) is 0. The van der Waals surface area contributed by atoms with E-state index in [1.54, 1.807) is 0 Å². The van der Waals surface area contributed by atoms with Crippen molar-refractivity contribution >= 4 is 11.5 Å². The third-order valence-electron chi connectivity index (χ3n) is 1.31. The van der Waals surface area contributed by atoms with Crippen LogP contribution in [0.15, 0.2) is 17.2 Å². The Kier molecular flexibility index (Phi) is 2.59. The molecule has 8 heteroatoms. The van der Waals surface area contributed by atoms with Gasteiger partial charge in [-0.25, -0.2) is 4.98 Å². The van der Waals surface area contributed by atoms with Crippen LogP contribution < -0.4 is 0 Å². The Bertz CT molecular complexity index is 470. The number of hydrogen-bond acceptors (Lipinski definition) is 5. The average molecular weight is 190 g/mol. The molecule has 1 heterocycles. The van der Waals surface area contributed by atoms with Crippen molar-refractivity contribution < 1.29 is 4.92 Å². The Hall–Kier alpha value is -2.65. The van der Waals surface area contributed by atoms with Crippen molar-refractivity contribution in [1.29, 1.82) is 5.26 Å². The molecule has 0 fully saturated rings. The Morgan fingerprint density at radius 3 is 2.93 bits per heavy atom.